The van der Waals surface area contributed by atoms with Crippen molar-refractivity contribution in [1.82, 2.24) is 4.98 Å². The van der Waals surface area contributed by atoms with Gasteiger partial charge in [0.1, 0.15) is 18.3 Å². The molecule has 0 saturated carbocycles. The van der Waals surface area contributed by atoms with Crippen molar-refractivity contribution < 1.29 is 14.6 Å². The molecule has 0 aliphatic carbocycles. The number of hydrogen-bond donors (Lipinski definition) is 1. The first kappa shape index (κ1) is 13.1. The van der Waals surface area contributed by atoms with Crippen LogP contribution in [0.5, 0.6) is 5.75 Å². The molecular formula is C15H15NO3. The lowest BCUT2D eigenvalue weighted by molar-refractivity contribution is -0.139. The van der Waals surface area contributed by atoms with Gasteiger partial charge in [0.2, 0.25) is 0 Å². The topological polar surface area (TPSA) is 59.4 Å². The van der Waals surface area contributed by atoms with E-state index in [9.17, 15) is 9.90 Å². The normalized spacial score (nSPS) is 11.8. The number of hydrogen-bond acceptors (Lipinski definition) is 3. The number of ether oxygens (including phenoxy) is 1. The Hall–Kier alpha value is -2.36. The molecule has 0 saturated heterocycles. The number of carbonyl (C=O) groups is 1. The summed E-state index contributed by atoms with van der Waals surface area (Å²) in [5.74, 6) is -0.923. The minimum Gasteiger partial charge on any atom is -0.492 e. The molecule has 0 fully saturated rings. The first-order chi connectivity index (χ1) is 9.16. The molecule has 2 aromatic rings. The van der Waals surface area contributed by atoms with Crippen molar-refractivity contribution in [2.45, 2.75) is 12.8 Å². The average Bonchev–Trinajstić information content (AvgIpc) is 2.42. The monoisotopic (exact) mass is 257 g/mol. The lowest BCUT2D eigenvalue weighted by atomic mass is 10.0. The first-order valence-corrected chi connectivity index (χ1v) is 5.99. The highest BCUT2D eigenvalue weighted by molar-refractivity contribution is 5.76. The maximum atomic E-state index is 11.3. The van der Waals surface area contributed by atoms with Crippen molar-refractivity contribution in [3.63, 3.8) is 0 Å². The summed E-state index contributed by atoms with van der Waals surface area (Å²) in [5, 5.41) is 9.25. The van der Waals surface area contributed by atoms with E-state index in [1.807, 2.05) is 31.2 Å². The van der Waals surface area contributed by atoms with Crippen LogP contribution in [0.15, 0.2) is 48.8 Å². The molecule has 1 aromatic heterocycles. The fraction of sp³-hybridized carbons (Fsp3) is 0.200. The van der Waals surface area contributed by atoms with Crippen LogP contribution in [-0.4, -0.2) is 22.7 Å². The van der Waals surface area contributed by atoms with Gasteiger partial charge in [-0.1, -0.05) is 17.7 Å². The Balaban J connectivity index is 2.06. The zero-order valence-corrected chi connectivity index (χ0v) is 10.6. The number of aliphatic carboxylic acids is 1. The molecule has 1 aromatic carbocycles. The summed E-state index contributed by atoms with van der Waals surface area (Å²) < 4.78 is 5.54. The zero-order valence-electron chi connectivity index (χ0n) is 10.6. The lowest BCUT2D eigenvalue weighted by Crippen LogP contribution is -2.19. The van der Waals surface area contributed by atoms with Gasteiger partial charge in [-0.3, -0.25) is 9.78 Å². The molecular weight excluding hydrogens is 242 g/mol. The van der Waals surface area contributed by atoms with Crippen LogP contribution in [0.3, 0.4) is 0 Å². The summed E-state index contributed by atoms with van der Waals surface area (Å²) in [6, 6.07) is 10.9. The van der Waals surface area contributed by atoms with Crippen LogP contribution in [0.1, 0.15) is 17.0 Å². The predicted molar refractivity (Wildman–Crippen MR) is 71.3 cm³/mol. The Labute approximate surface area is 111 Å². The molecule has 4 heteroatoms. The SMILES string of the molecule is Cc1ccc(OCC(C(=O)O)c2ccncc2)cc1. The van der Waals surface area contributed by atoms with E-state index in [1.165, 1.54) is 0 Å². The molecule has 0 bridgehead atoms. The molecule has 1 N–H and O–H groups in total. The van der Waals surface area contributed by atoms with Crippen LogP contribution in [0.25, 0.3) is 0 Å². The number of aryl methyl sites for hydroxylation is 1. The van der Waals surface area contributed by atoms with Crippen molar-refractivity contribution in [2.75, 3.05) is 6.61 Å². The van der Waals surface area contributed by atoms with E-state index < -0.39 is 11.9 Å². The molecule has 4 nitrogen and oxygen atoms in total. The van der Waals surface area contributed by atoms with E-state index in [-0.39, 0.29) is 6.61 Å². The third kappa shape index (κ3) is 3.55. The van der Waals surface area contributed by atoms with E-state index in [4.69, 9.17) is 4.74 Å². The molecule has 0 spiro atoms. The van der Waals surface area contributed by atoms with Crippen LogP contribution in [0.2, 0.25) is 0 Å². The van der Waals surface area contributed by atoms with Crippen LogP contribution in [0.4, 0.5) is 0 Å². The second kappa shape index (κ2) is 6.00. The highest BCUT2D eigenvalue weighted by Crippen LogP contribution is 2.18. The van der Waals surface area contributed by atoms with Crippen LogP contribution >= 0.6 is 0 Å². The summed E-state index contributed by atoms with van der Waals surface area (Å²) in [7, 11) is 0. The first-order valence-electron chi connectivity index (χ1n) is 5.99. The van der Waals surface area contributed by atoms with Gasteiger partial charge in [0.25, 0.3) is 0 Å². The molecule has 1 unspecified atom stereocenters. The van der Waals surface area contributed by atoms with Gasteiger partial charge in [0, 0.05) is 12.4 Å². The highest BCUT2D eigenvalue weighted by Gasteiger charge is 2.20. The van der Waals surface area contributed by atoms with Gasteiger partial charge in [-0.2, -0.15) is 0 Å². The van der Waals surface area contributed by atoms with Crippen molar-refractivity contribution in [1.29, 1.82) is 0 Å². The van der Waals surface area contributed by atoms with Crippen LogP contribution in [-0.2, 0) is 4.79 Å². The predicted octanol–water partition coefficient (Wildman–Crippen LogP) is 2.64. The number of nitrogens with zero attached hydrogens (tertiary/aromatic N) is 1. The third-order valence-corrected chi connectivity index (χ3v) is 2.84. The molecule has 1 heterocycles. The maximum Gasteiger partial charge on any atom is 0.314 e. The minimum atomic E-state index is -0.904. The van der Waals surface area contributed by atoms with Gasteiger partial charge in [-0.05, 0) is 36.8 Å². The summed E-state index contributed by atoms with van der Waals surface area (Å²) >= 11 is 0. The van der Waals surface area contributed by atoms with Crippen molar-refractivity contribution in [2.24, 2.45) is 0 Å². The summed E-state index contributed by atoms with van der Waals surface area (Å²) in [6.45, 7) is 2.09. The Kier molecular flexibility index (Phi) is 4.13. The average molecular weight is 257 g/mol. The lowest BCUT2D eigenvalue weighted by Gasteiger charge is -2.14. The Morgan fingerprint density at radius 1 is 1.21 bits per heavy atom. The molecule has 2 rings (SSSR count). The van der Waals surface area contributed by atoms with E-state index in [0.29, 0.717) is 11.3 Å². The number of rotatable bonds is 5. The van der Waals surface area contributed by atoms with E-state index in [0.717, 1.165) is 5.56 Å². The molecule has 0 radical (unpaired) electrons. The summed E-state index contributed by atoms with van der Waals surface area (Å²) in [5.41, 5.74) is 1.82. The molecule has 1 atom stereocenters. The molecule has 19 heavy (non-hydrogen) atoms. The summed E-state index contributed by atoms with van der Waals surface area (Å²) in [4.78, 5) is 15.2. The van der Waals surface area contributed by atoms with Gasteiger partial charge in [0.05, 0.1) is 0 Å². The van der Waals surface area contributed by atoms with Crippen LogP contribution in [0, 0.1) is 6.92 Å². The van der Waals surface area contributed by atoms with Crippen molar-refractivity contribution in [3.8, 4) is 5.75 Å². The summed E-state index contributed by atoms with van der Waals surface area (Å²) in [6.07, 6.45) is 3.16. The number of aromatic nitrogens is 1. The standard InChI is InChI=1S/C15H15NO3/c1-11-2-4-13(5-3-11)19-10-14(15(17)18)12-6-8-16-9-7-12/h2-9,14H,10H2,1H3,(H,17,18). The number of carboxylic acid groups (broad SMARTS) is 1. The van der Waals surface area contributed by atoms with E-state index in [1.54, 1.807) is 24.5 Å². The Morgan fingerprint density at radius 2 is 1.84 bits per heavy atom. The van der Waals surface area contributed by atoms with Gasteiger partial charge < -0.3 is 9.84 Å². The fourth-order valence-corrected chi connectivity index (χ4v) is 1.72. The number of carboxylic acids is 1. The van der Waals surface area contributed by atoms with Crippen molar-refractivity contribution in [3.05, 3.63) is 59.9 Å². The van der Waals surface area contributed by atoms with Crippen LogP contribution < -0.4 is 4.74 Å². The fourth-order valence-electron chi connectivity index (χ4n) is 1.72. The van der Waals surface area contributed by atoms with E-state index >= 15 is 0 Å². The smallest absolute Gasteiger partial charge is 0.314 e. The highest BCUT2D eigenvalue weighted by atomic mass is 16.5. The largest absolute Gasteiger partial charge is 0.492 e. The zero-order chi connectivity index (χ0) is 13.7. The third-order valence-electron chi connectivity index (χ3n) is 2.84. The Morgan fingerprint density at radius 3 is 2.42 bits per heavy atom. The van der Waals surface area contributed by atoms with Gasteiger partial charge in [0.15, 0.2) is 0 Å². The quantitative estimate of drug-likeness (QED) is 0.894. The molecule has 98 valence electrons. The van der Waals surface area contributed by atoms with Crippen molar-refractivity contribution >= 4 is 5.97 Å². The Bertz CT molecular complexity index is 537. The molecule has 0 aliphatic heterocycles. The molecule has 0 aliphatic rings. The minimum absolute atomic E-state index is 0.0996. The van der Waals surface area contributed by atoms with E-state index in [2.05, 4.69) is 4.98 Å². The van der Waals surface area contributed by atoms with Gasteiger partial charge in [-0.25, -0.2) is 0 Å². The second-order valence-electron chi connectivity index (χ2n) is 4.30. The van der Waals surface area contributed by atoms with Gasteiger partial charge in [-0.15, -0.1) is 0 Å². The van der Waals surface area contributed by atoms with Gasteiger partial charge >= 0.3 is 5.97 Å². The number of benzene rings is 1. The maximum absolute atomic E-state index is 11.3. The molecule has 0 amide bonds. The second-order valence-corrected chi connectivity index (χ2v) is 4.30. The number of pyridine rings is 1.